The predicted octanol–water partition coefficient (Wildman–Crippen LogP) is 1.71. The molecule has 1 heterocycles. The number of aliphatic carboxylic acids is 1. The van der Waals surface area contributed by atoms with Gasteiger partial charge in [-0.05, 0) is 30.7 Å². The van der Waals surface area contributed by atoms with Gasteiger partial charge in [0.15, 0.2) is 0 Å². The molecule has 10 heteroatoms. The van der Waals surface area contributed by atoms with E-state index < -0.39 is 30.5 Å². The number of amides is 1. The van der Waals surface area contributed by atoms with Crippen LogP contribution in [0.15, 0.2) is 30.9 Å². The molecular weight excluding hydrogens is 329 g/mol. The Morgan fingerprint density at radius 2 is 2.08 bits per heavy atom. The minimum absolute atomic E-state index is 0.0461. The number of rotatable bonds is 5. The standard InChI is InChI=1S/C14H13F3N4O3/c1-8-4-9(2-3-11(8)21-7-18-6-19-21)12(22)20-10(13(23)24)5-14(15,16)17/h2-4,6-7,10H,5H2,1H3,(H,20,22)(H,23,24). The van der Waals surface area contributed by atoms with Crippen molar-refractivity contribution in [2.24, 2.45) is 0 Å². The van der Waals surface area contributed by atoms with Crippen LogP contribution in [0.4, 0.5) is 13.2 Å². The van der Waals surface area contributed by atoms with E-state index in [4.69, 9.17) is 5.11 Å². The van der Waals surface area contributed by atoms with Crippen molar-refractivity contribution in [1.29, 1.82) is 0 Å². The second kappa shape index (κ2) is 6.69. The van der Waals surface area contributed by atoms with E-state index in [0.717, 1.165) is 0 Å². The molecule has 0 saturated heterocycles. The molecule has 2 aromatic rings. The lowest BCUT2D eigenvalue weighted by atomic mass is 10.1. The first kappa shape index (κ1) is 17.4. The fraction of sp³-hybridized carbons (Fsp3) is 0.286. The Balaban J connectivity index is 2.17. The SMILES string of the molecule is Cc1cc(C(=O)NC(CC(F)(F)F)C(=O)O)ccc1-n1cncn1. The molecule has 0 aliphatic heterocycles. The molecule has 0 radical (unpaired) electrons. The lowest BCUT2D eigenvalue weighted by molar-refractivity contribution is -0.157. The number of hydrogen-bond donors (Lipinski definition) is 2. The molecule has 0 bridgehead atoms. The van der Waals surface area contributed by atoms with Crippen molar-refractivity contribution >= 4 is 11.9 Å². The zero-order chi connectivity index (χ0) is 17.9. The summed E-state index contributed by atoms with van der Waals surface area (Å²) in [5, 5.41) is 14.6. The molecule has 128 valence electrons. The van der Waals surface area contributed by atoms with Gasteiger partial charge < -0.3 is 10.4 Å². The first-order valence-corrected chi connectivity index (χ1v) is 6.73. The van der Waals surface area contributed by atoms with Crippen molar-refractivity contribution in [3.63, 3.8) is 0 Å². The van der Waals surface area contributed by atoms with Crippen molar-refractivity contribution in [2.45, 2.75) is 25.6 Å². The summed E-state index contributed by atoms with van der Waals surface area (Å²) in [5.74, 6) is -2.66. The second-order valence-corrected chi connectivity index (χ2v) is 5.02. The van der Waals surface area contributed by atoms with Gasteiger partial charge in [0.25, 0.3) is 5.91 Å². The third-order valence-electron chi connectivity index (χ3n) is 3.16. The molecule has 1 unspecified atom stereocenters. The smallest absolute Gasteiger partial charge is 0.391 e. The minimum Gasteiger partial charge on any atom is -0.480 e. The van der Waals surface area contributed by atoms with Gasteiger partial charge in [-0.15, -0.1) is 0 Å². The van der Waals surface area contributed by atoms with Crippen LogP contribution in [0.5, 0.6) is 0 Å². The summed E-state index contributed by atoms with van der Waals surface area (Å²) in [5.41, 5.74) is 1.30. The summed E-state index contributed by atoms with van der Waals surface area (Å²) in [6.07, 6.45) is -3.58. The Kier molecular flexibility index (Phi) is 4.86. The summed E-state index contributed by atoms with van der Waals surface area (Å²) in [6, 6.07) is 2.29. The molecule has 7 nitrogen and oxygen atoms in total. The van der Waals surface area contributed by atoms with Gasteiger partial charge in [-0.25, -0.2) is 14.5 Å². The van der Waals surface area contributed by atoms with E-state index >= 15 is 0 Å². The van der Waals surface area contributed by atoms with Gasteiger partial charge in [-0.2, -0.15) is 18.3 Å². The van der Waals surface area contributed by atoms with Gasteiger partial charge in [-0.3, -0.25) is 4.79 Å². The Morgan fingerprint density at radius 3 is 2.58 bits per heavy atom. The van der Waals surface area contributed by atoms with Crippen molar-refractivity contribution in [2.75, 3.05) is 0 Å². The zero-order valence-corrected chi connectivity index (χ0v) is 12.4. The Morgan fingerprint density at radius 1 is 1.38 bits per heavy atom. The van der Waals surface area contributed by atoms with E-state index in [0.29, 0.717) is 11.3 Å². The summed E-state index contributed by atoms with van der Waals surface area (Å²) in [6.45, 7) is 1.68. The topological polar surface area (TPSA) is 97.1 Å². The zero-order valence-electron chi connectivity index (χ0n) is 12.4. The van der Waals surface area contributed by atoms with Gasteiger partial charge in [-0.1, -0.05) is 0 Å². The molecule has 1 aromatic carbocycles. The van der Waals surface area contributed by atoms with Crippen LogP contribution < -0.4 is 5.32 Å². The molecule has 0 fully saturated rings. The molecule has 0 aliphatic carbocycles. The highest BCUT2D eigenvalue weighted by molar-refractivity contribution is 5.97. The number of carboxylic acids is 1. The molecule has 2 N–H and O–H groups in total. The van der Waals surface area contributed by atoms with Gasteiger partial charge in [0.05, 0.1) is 12.1 Å². The van der Waals surface area contributed by atoms with Gasteiger partial charge >= 0.3 is 12.1 Å². The fourth-order valence-electron chi connectivity index (χ4n) is 2.06. The van der Waals surface area contributed by atoms with E-state index in [1.54, 1.807) is 13.0 Å². The van der Waals surface area contributed by atoms with Crippen LogP contribution in [0.25, 0.3) is 5.69 Å². The van der Waals surface area contributed by atoms with E-state index in [9.17, 15) is 22.8 Å². The van der Waals surface area contributed by atoms with Crippen LogP contribution in [0.2, 0.25) is 0 Å². The van der Waals surface area contributed by atoms with Crippen LogP contribution in [0.1, 0.15) is 22.3 Å². The maximum Gasteiger partial charge on any atom is 0.391 e. The Labute approximate surface area is 134 Å². The Hall–Kier alpha value is -2.91. The summed E-state index contributed by atoms with van der Waals surface area (Å²) < 4.78 is 38.5. The van der Waals surface area contributed by atoms with Crippen LogP contribution in [-0.2, 0) is 4.79 Å². The maximum atomic E-state index is 12.4. The first-order chi connectivity index (χ1) is 11.2. The molecule has 1 amide bonds. The summed E-state index contributed by atoms with van der Waals surface area (Å²) in [4.78, 5) is 26.7. The molecule has 0 spiro atoms. The normalized spacial score (nSPS) is 12.7. The van der Waals surface area contributed by atoms with E-state index in [2.05, 4.69) is 10.1 Å². The van der Waals surface area contributed by atoms with Crippen molar-refractivity contribution in [1.82, 2.24) is 20.1 Å². The van der Waals surface area contributed by atoms with Gasteiger partial charge in [0, 0.05) is 5.56 Å². The highest BCUT2D eigenvalue weighted by Gasteiger charge is 2.36. The van der Waals surface area contributed by atoms with Gasteiger partial charge in [0.1, 0.15) is 18.7 Å². The number of nitrogens with zero attached hydrogens (tertiary/aromatic N) is 3. The average Bonchev–Trinajstić information content (AvgIpc) is 2.98. The van der Waals surface area contributed by atoms with E-state index in [1.165, 1.54) is 29.5 Å². The maximum absolute atomic E-state index is 12.4. The number of carboxylic acid groups (broad SMARTS) is 1. The quantitative estimate of drug-likeness (QED) is 0.862. The fourth-order valence-corrected chi connectivity index (χ4v) is 2.06. The molecule has 24 heavy (non-hydrogen) atoms. The number of alkyl halides is 3. The van der Waals surface area contributed by atoms with Crippen LogP contribution in [0.3, 0.4) is 0 Å². The average molecular weight is 342 g/mol. The number of nitrogens with one attached hydrogen (secondary N) is 1. The van der Waals surface area contributed by atoms with Crippen LogP contribution >= 0.6 is 0 Å². The number of halogens is 3. The lowest BCUT2D eigenvalue weighted by Gasteiger charge is -2.16. The lowest BCUT2D eigenvalue weighted by Crippen LogP contribution is -2.43. The van der Waals surface area contributed by atoms with Crippen molar-refractivity contribution in [3.05, 3.63) is 42.0 Å². The highest BCUT2D eigenvalue weighted by atomic mass is 19.4. The van der Waals surface area contributed by atoms with Crippen molar-refractivity contribution in [3.8, 4) is 5.69 Å². The van der Waals surface area contributed by atoms with E-state index in [-0.39, 0.29) is 5.56 Å². The Bertz CT molecular complexity index is 744. The number of aryl methyl sites for hydroxylation is 1. The molecule has 1 atom stereocenters. The summed E-state index contributed by atoms with van der Waals surface area (Å²) in [7, 11) is 0. The monoisotopic (exact) mass is 342 g/mol. The molecule has 1 aromatic heterocycles. The number of carbonyl (C=O) groups is 2. The number of aromatic nitrogens is 3. The number of carbonyl (C=O) groups excluding carboxylic acids is 1. The molecular formula is C14H13F3N4O3. The van der Waals surface area contributed by atoms with Gasteiger partial charge in [0.2, 0.25) is 0 Å². The first-order valence-electron chi connectivity index (χ1n) is 6.73. The summed E-state index contributed by atoms with van der Waals surface area (Å²) >= 11 is 0. The third-order valence-corrected chi connectivity index (χ3v) is 3.16. The third kappa shape index (κ3) is 4.31. The van der Waals surface area contributed by atoms with Crippen molar-refractivity contribution < 1.29 is 27.9 Å². The molecule has 0 saturated carbocycles. The minimum atomic E-state index is -4.71. The van der Waals surface area contributed by atoms with E-state index in [1.807, 2.05) is 5.32 Å². The second-order valence-electron chi connectivity index (χ2n) is 5.02. The predicted molar refractivity (Wildman–Crippen MR) is 75.7 cm³/mol. The van der Waals surface area contributed by atoms with Crippen LogP contribution in [0, 0.1) is 6.92 Å². The highest BCUT2D eigenvalue weighted by Crippen LogP contribution is 2.22. The largest absolute Gasteiger partial charge is 0.480 e. The molecule has 0 aliphatic rings. The molecule has 2 rings (SSSR count). The number of hydrogen-bond acceptors (Lipinski definition) is 4. The van der Waals surface area contributed by atoms with Crippen LogP contribution in [-0.4, -0.2) is 44.0 Å². The number of benzene rings is 1.